The van der Waals surface area contributed by atoms with Gasteiger partial charge in [-0.1, -0.05) is 12.1 Å². The van der Waals surface area contributed by atoms with Crippen LogP contribution < -0.4 is 10.1 Å². The molecule has 1 amide bonds. The summed E-state index contributed by atoms with van der Waals surface area (Å²) in [5, 5.41) is 20.8. The molecule has 1 saturated heterocycles. The Kier molecular flexibility index (Phi) is 4.63. The summed E-state index contributed by atoms with van der Waals surface area (Å²) < 4.78 is 10.5. The number of para-hydroxylation sites is 1. The summed E-state index contributed by atoms with van der Waals surface area (Å²) >= 11 is 0. The van der Waals surface area contributed by atoms with Crippen LogP contribution in [0.1, 0.15) is 18.9 Å². The van der Waals surface area contributed by atoms with Crippen molar-refractivity contribution in [2.24, 2.45) is 0 Å². The van der Waals surface area contributed by atoms with Crippen LogP contribution in [-0.2, 0) is 14.3 Å². The van der Waals surface area contributed by atoms with E-state index >= 15 is 0 Å². The van der Waals surface area contributed by atoms with Crippen LogP contribution in [0.5, 0.6) is 5.75 Å². The second-order valence-electron chi connectivity index (χ2n) is 5.05. The summed E-state index contributed by atoms with van der Waals surface area (Å²) in [6, 6.07) is 8.49. The number of carbonyl (C=O) groups is 2. The molecule has 22 heavy (non-hydrogen) atoms. The van der Waals surface area contributed by atoms with E-state index in [1.165, 1.54) is 6.92 Å². The van der Waals surface area contributed by atoms with Crippen LogP contribution in [0.2, 0.25) is 0 Å². The van der Waals surface area contributed by atoms with E-state index in [1.54, 1.807) is 24.3 Å². The second-order valence-corrected chi connectivity index (χ2v) is 5.05. The van der Waals surface area contributed by atoms with Crippen molar-refractivity contribution >= 4 is 11.9 Å². The quantitative estimate of drug-likeness (QED) is 0.828. The first-order valence-electron chi connectivity index (χ1n) is 6.77. The molecule has 0 aliphatic carbocycles. The number of hydrogen-bond donors (Lipinski definition) is 2. The zero-order valence-electron chi connectivity index (χ0n) is 12.0. The molecule has 0 spiro atoms. The van der Waals surface area contributed by atoms with Crippen LogP contribution in [0.4, 0.5) is 0 Å². The third-order valence-corrected chi connectivity index (χ3v) is 3.47. The normalized spacial score (nSPS) is 21.6. The standard InChI is InChI=1S/C15H16N2O5/c1-10(22-12-5-3-2-4-11(12)8-16)13(18)17-15(14(19)20)6-7-21-9-15/h2-5,10H,6-7,9H2,1H3,(H,17,18)(H,19,20). The molecule has 0 saturated carbocycles. The average Bonchev–Trinajstić information content (AvgIpc) is 2.97. The number of amides is 1. The smallest absolute Gasteiger partial charge is 0.331 e. The van der Waals surface area contributed by atoms with Gasteiger partial charge >= 0.3 is 5.97 Å². The number of nitrogens with zero attached hydrogens (tertiary/aromatic N) is 1. The molecule has 1 aliphatic rings. The number of nitrogens with one attached hydrogen (secondary N) is 1. The molecule has 1 aromatic rings. The van der Waals surface area contributed by atoms with E-state index in [0.717, 1.165) is 0 Å². The first kappa shape index (κ1) is 15.8. The number of benzene rings is 1. The Hall–Kier alpha value is -2.59. The number of carbonyl (C=O) groups excluding carboxylic acids is 1. The maximum Gasteiger partial charge on any atom is 0.331 e. The maximum absolute atomic E-state index is 12.2. The largest absolute Gasteiger partial charge is 0.480 e. The SMILES string of the molecule is CC(Oc1ccccc1C#N)C(=O)NC1(C(=O)O)CCOC1. The van der Waals surface area contributed by atoms with Crippen molar-refractivity contribution in [1.29, 1.82) is 5.26 Å². The molecule has 7 nitrogen and oxygen atoms in total. The summed E-state index contributed by atoms with van der Waals surface area (Å²) in [6.45, 7) is 1.70. The minimum Gasteiger partial charge on any atom is -0.480 e. The lowest BCUT2D eigenvalue weighted by Gasteiger charge is -2.25. The van der Waals surface area contributed by atoms with Gasteiger partial charge in [0, 0.05) is 13.0 Å². The molecule has 116 valence electrons. The highest BCUT2D eigenvalue weighted by molar-refractivity contribution is 5.89. The molecule has 1 aromatic carbocycles. The Morgan fingerprint density at radius 1 is 1.50 bits per heavy atom. The van der Waals surface area contributed by atoms with Crippen LogP contribution in [0.15, 0.2) is 24.3 Å². The van der Waals surface area contributed by atoms with Gasteiger partial charge in [-0.25, -0.2) is 4.79 Å². The molecule has 2 rings (SSSR count). The van der Waals surface area contributed by atoms with E-state index in [9.17, 15) is 14.7 Å². The van der Waals surface area contributed by atoms with Crippen LogP contribution in [-0.4, -0.2) is 41.8 Å². The average molecular weight is 304 g/mol. The number of rotatable bonds is 5. The van der Waals surface area contributed by atoms with Gasteiger partial charge in [-0.3, -0.25) is 4.79 Å². The van der Waals surface area contributed by atoms with Crippen molar-refractivity contribution in [2.75, 3.05) is 13.2 Å². The van der Waals surface area contributed by atoms with E-state index in [2.05, 4.69) is 5.32 Å². The number of hydrogen-bond acceptors (Lipinski definition) is 5. The highest BCUT2D eigenvalue weighted by atomic mass is 16.5. The number of aliphatic carboxylic acids is 1. The molecule has 0 radical (unpaired) electrons. The molecular formula is C15H16N2O5. The van der Waals surface area contributed by atoms with Gasteiger partial charge < -0.3 is 19.9 Å². The van der Waals surface area contributed by atoms with Crippen molar-refractivity contribution in [3.8, 4) is 11.8 Å². The predicted octanol–water partition coefficient (Wildman–Crippen LogP) is 0.685. The van der Waals surface area contributed by atoms with Crippen molar-refractivity contribution in [3.63, 3.8) is 0 Å². The lowest BCUT2D eigenvalue weighted by atomic mass is 9.98. The van der Waals surface area contributed by atoms with Crippen molar-refractivity contribution in [1.82, 2.24) is 5.32 Å². The molecule has 0 bridgehead atoms. The molecule has 1 heterocycles. The molecule has 1 fully saturated rings. The molecule has 2 unspecified atom stereocenters. The molecule has 1 aliphatic heterocycles. The highest BCUT2D eigenvalue weighted by Gasteiger charge is 2.44. The maximum atomic E-state index is 12.2. The lowest BCUT2D eigenvalue weighted by molar-refractivity contribution is -0.148. The van der Waals surface area contributed by atoms with E-state index in [1.807, 2.05) is 6.07 Å². The fourth-order valence-corrected chi connectivity index (χ4v) is 2.13. The number of carboxylic acids is 1. The van der Waals surface area contributed by atoms with Gasteiger partial charge in [0.05, 0.1) is 12.2 Å². The second kappa shape index (κ2) is 6.45. The van der Waals surface area contributed by atoms with Gasteiger partial charge in [0.15, 0.2) is 11.6 Å². The first-order valence-corrected chi connectivity index (χ1v) is 6.77. The summed E-state index contributed by atoms with van der Waals surface area (Å²) in [6.07, 6.45) is -0.735. The van der Waals surface area contributed by atoms with Gasteiger partial charge in [-0.15, -0.1) is 0 Å². The fourth-order valence-electron chi connectivity index (χ4n) is 2.13. The minimum atomic E-state index is -1.41. The molecule has 0 aromatic heterocycles. The van der Waals surface area contributed by atoms with E-state index in [4.69, 9.17) is 14.7 Å². The Bertz CT molecular complexity index is 617. The Balaban J connectivity index is 2.06. The summed E-state index contributed by atoms with van der Waals surface area (Å²) in [5.74, 6) is -1.43. The number of carboxylic acid groups (broad SMARTS) is 1. The number of nitriles is 1. The summed E-state index contributed by atoms with van der Waals surface area (Å²) in [5.41, 5.74) is -1.11. The molecule has 2 atom stereocenters. The van der Waals surface area contributed by atoms with E-state index < -0.39 is 23.5 Å². The topological polar surface area (TPSA) is 109 Å². The van der Waals surface area contributed by atoms with E-state index in [0.29, 0.717) is 5.56 Å². The Morgan fingerprint density at radius 3 is 2.82 bits per heavy atom. The van der Waals surface area contributed by atoms with Crippen LogP contribution in [0, 0.1) is 11.3 Å². The van der Waals surface area contributed by atoms with E-state index in [-0.39, 0.29) is 25.4 Å². The van der Waals surface area contributed by atoms with Crippen LogP contribution in [0.3, 0.4) is 0 Å². The summed E-state index contributed by atoms with van der Waals surface area (Å²) in [4.78, 5) is 23.5. The lowest BCUT2D eigenvalue weighted by Crippen LogP contribution is -2.57. The van der Waals surface area contributed by atoms with Crippen molar-refractivity contribution < 1.29 is 24.2 Å². The first-order chi connectivity index (χ1) is 10.5. The molecular weight excluding hydrogens is 288 g/mol. The monoisotopic (exact) mass is 304 g/mol. The van der Waals surface area contributed by atoms with Gasteiger partial charge in [0.25, 0.3) is 5.91 Å². The van der Waals surface area contributed by atoms with Gasteiger partial charge in [-0.05, 0) is 19.1 Å². The minimum absolute atomic E-state index is 0.0738. The van der Waals surface area contributed by atoms with Gasteiger partial charge in [0.1, 0.15) is 11.8 Å². The zero-order chi connectivity index (χ0) is 16.2. The number of ether oxygens (including phenoxy) is 2. The Morgan fingerprint density at radius 2 is 2.23 bits per heavy atom. The zero-order valence-corrected chi connectivity index (χ0v) is 12.0. The third-order valence-electron chi connectivity index (χ3n) is 3.47. The highest BCUT2D eigenvalue weighted by Crippen LogP contribution is 2.21. The third kappa shape index (κ3) is 3.18. The van der Waals surface area contributed by atoms with Crippen LogP contribution >= 0.6 is 0 Å². The van der Waals surface area contributed by atoms with Crippen LogP contribution in [0.25, 0.3) is 0 Å². The predicted molar refractivity (Wildman–Crippen MR) is 75.2 cm³/mol. The Labute approximate surface area is 127 Å². The molecule has 2 N–H and O–H groups in total. The summed E-state index contributed by atoms with van der Waals surface area (Å²) in [7, 11) is 0. The molecule has 7 heteroatoms. The van der Waals surface area contributed by atoms with Gasteiger partial charge in [0.2, 0.25) is 0 Å². The van der Waals surface area contributed by atoms with Crippen molar-refractivity contribution in [3.05, 3.63) is 29.8 Å². The van der Waals surface area contributed by atoms with Gasteiger partial charge in [-0.2, -0.15) is 5.26 Å². The van der Waals surface area contributed by atoms with Crippen molar-refractivity contribution in [2.45, 2.75) is 25.0 Å². The fraction of sp³-hybridized carbons (Fsp3) is 0.400.